The van der Waals surface area contributed by atoms with E-state index in [2.05, 4.69) is 93.3 Å². The number of furan rings is 1. The van der Waals surface area contributed by atoms with Crippen molar-refractivity contribution in [3.63, 3.8) is 0 Å². The highest BCUT2D eigenvalue weighted by Gasteiger charge is 2.26. The molecule has 1 atom stereocenters. The van der Waals surface area contributed by atoms with Gasteiger partial charge in [-0.15, -0.1) is 5.10 Å². The van der Waals surface area contributed by atoms with Gasteiger partial charge in [0.1, 0.15) is 10.4 Å². The van der Waals surface area contributed by atoms with Gasteiger partial charge in [-0.05, 0) is 58.5 Å². The molecule has 2 aromatic carbocycles. The maximum absolute atomic E-state index is 13.0. The third kappa shape index (κ3) is 4.82. The van der Waals surface area contributed by atoms with Crippen molar-refractivity contribution in [3.05, 3.63) is 120 Å². The largest absolute Gasteiger partial charge is 0.454 e. The number of hydrogen-bond acceptors (Lipinski definition) is 7. The third-order valence-corrected chi connectivity index (χ3v) is 7.34. The summed E-state index contributed by atoms with van der Waals surface area (Å²) in [6.45, 7) is 4.31. The van der Waals surface area contributed by atoms with E-state index in [0.717, 1.165) is 39.8 Å². The molecular weight excluding hydrogens is 526 g/mol. The number of H-pyrrole nitrogens is 2. The van der Waals surface area contributed by atoms with Crippen LogP contribution in [-0.2, 0) is 13.0 Å². The minimum Gasteiger partial charge on any atom is -0.454 e. The van der Waals surface area contributed by atoms with E-state index in [-0.39, 0.29) is 29.9 Å². The van der Waals surface area contributed by atoms with Crippen LogP contribution in [0.25, 0.3) is 12.2 Å². The molecule has 10 nitrogen and oxygen atoms in total. The van der Waals surface area contributed by atoms with Crippen LogP contribution in [0.3, 0.4) is 0 Å². The predicted octanol–water partition coefficient (Wildman–Crippen LogP) is 4.85. The van der Waals surface area contributed by atoms with E-state index in [1.807, 2.05) is 0 Å². The molecule has 1 amide bonds. The summed E-state index contributed by atoms with van der Waals surface area (Å²) < 4.78 is 7.62. The summed E-state index contributed by atoms with van der Waals surface area (Å²) in [5, 5.41) is 15.5. The minimum absolute atomic E-state index is 0.0270. The standard InChI is InChI=1S/C29H25N7O3S/c1-3-17-5-10-22-19(13-17)7-6-18-12-16(2)4-9-21(18)25(22)23-15-36(29(38)31-27(23)40)14-20-8-11-24(39-20)26(37)30-28-32-34-35-33-28/h4-13,15,25H,3,14H2,1-2H3,(H,31,38,40)(H2,30,32,33,34,35,37). The lowest BCUT2D eigenvalue weighted by Gasteiger charge is -2.22. The summed E-state index contributed by atoms with van der Waals surface area (Å²) in [5.41, 5.74) is 7.28. The predicted molar refractivity (Wildman–Crippen MR) is 153 cm³/mol. The zero-order valence-electron chi connectivity index (χ0n) is 21.8. The van der Waals surface area contributed by atoms with Crippen LogP contribution in [0.2, 0.25) is 0 Å². The van der Waals surface area contributed by atoms with Crippen LogP contribution in [0.1, 0.15) is 68.1 Å². The quantitative estimate of drug-likeness (QED) is 0.252. The summed E-state index contributed by atoms with van der Waals surface area (Å²) >= 11 is 5.73. The number of amides is 1. The van der Waals surface area contributed by atoms with Gasteiger partial charge in [0.25, 0.3) is 11.9 Å². The number of benzene rings is 2. The highest BCUT2D eigenvalue weighted by atomic mass is 32.1. The Labute approximate surface area is 233 Å². The van der Waals surface area contributed by atoms with Crippen molar-refractivity contribution in [1.82, 2.24) is 30.2 Å². The first kappa shape index (κ1) is 25.4. The monoisotopic (exact) mass is 551 g/mol. The second-order valence-electron chi connectivity index (χ2n) is 9.64. The molecule has 0 bridgehead atoms. The van der Waals surface area contributed by atoms with Gasteiger partial charge in [0.05, 0.1) is 6.54 Å². The van der Waals surface area contributed by atoms with Gasteiger partial charge >= 0.3 is 5.69 Å². The lowest BCUT2D eigenvalue weighted by atomic mass is 9.82. The number of aromatic nitrogens is 6. The first-order chi connectivity index (χ1) is 19.4. The molecule has 0 spiro atoms. The summed E-state index contributed by atoms with van der Waals surface area (Å²) in [4.78, 5) is 28.3. The maximum Gasteiger partial charge on any atom is 0.326 e. The molecule has 0 radical (unpaired) electrons. The Balaban J connectivity index is 1.40. The maximum atomic E-state index is 13.0. The number of fused-ring (bicyclic) bond motifs is 2. The van der Waals surface area contributed by atoms with E-state index in [1.165, 1.54) is 16.2 Å². The van der Waals surface area contributed by atoms with Gasteiger partial charge in [0, 0.05) is 17.7 Å². The van der Waals surface area contributed by atoms with Crippen LogP contribution in [-0.4, -0.2) is 36.1 Å². The highest BCUT2D eigenvalue weighted by molar-refractivity contribution is 7.71. The van der Waals surface area contributed by atoms with E-state index in [9.17, 15) is 9.59 Å². The highest BCUT2D eigenvalue weighted by Crippen LogP contribution is 2.40. The molecule has 0 fully saturated rings. The van der Waals surface area contributed by atoms with E-state index in [0.29, 0.717) is 10.4 Å². The fraction of sp³-hybridized carbons (Fsp3) is 0.172. The molecule has 3 N–H and O–H groups in total. The molecule has 0 saturated carbocycles. The summed E-state index contributed by atoms with van der Waals surface area (Å²) in [6, 6.07) is 16.1. The molecular formula is C29H25N7O3S. The van der Waals surface area contributed by atoms with E-state index in [4.69, 9.17) is 16.6 Å². The van der Waals surface area contributed by atoms with Crippen molar-refractivity contribution in [2.45, 2.75) is 32.7 Å². The van der Waals surface area contributed by atoms with E-state index >= 15 is 0 Å². The normalized spacial score (nSPS) is 13.9. The Morgan fingerprint density at radius 3 is 2.60 bits per heavy atom. The Morgan fingerprint density at radius 1 is 1.07 bits per heavy atom. The average molecular weight is 552 g/mol. The molecule has 1 aliphatic carbocycles. The molecule has 11 heteroatoms. The number of nitrogens with one attached hydrogen (secondary N) is 3. The number of aryl methyl sites for hydroxylation is 2. The molecule has 0 saturated heterocycles. The number of nitrogens with zero attached hydrogens (tertiary/aromatic N) is 4. The summed E-state index contributed by atoms with van der Waals surface area (Å²) in [6.07, 6.45) is 7.02. The molecule has 0 aliphatic heterocycles. The van der Waals surface area contributed by atoms with Crippen LogP contribution >= 0.6 is 12.2 Å². The molecule has 1 unspecified atom stereocenters. The molecule has 1 aliphatic rings. The zero-order chi connectivity index (χ0) is 27.8. The topological polar surface area (TPSA) is 134 Å². The Morgan fingerprint density at radius 2 is 1.85 bits per heavy atom. The molecule has 40 heavy (non-hydrogen) atoms. The molecule has 3 aromatic heterocycles. The van der Waals surface area contributed by atoms with Crippen LogP contribution in [0.5, 0.6) is 0 Å². The zero-order valence-corrected chi connectivity index (χ0v) is 22.6. The molecule has 200 valence electrons. The van der Waals surface area contributed by atoms with Crippen molar-refractivity contribution >= 4 is 36.2 Å². The van der Waals surface area contributed by atoms with E-state index < -0.39 is 5.91 Å². The second-order valence-corrected chi connectivity index (χ2v) is 10.1. The van der Waals surface area contributed by atoms with Gasteiger partial charge in [0.15, 0.2) is 5.76 Å². The fourth-order valence-electron chi connectivity index (χ4n) is 5.01. The van der Waals surface area contributed by atoms with Crippen molar-refractivity contribution in [3.8, 4) is 0 Å². The number of hydrogen-bond donors (Lipinski definition) is 3. The third-order valence-electron chi connectivity index (χ3n) is 7.00. The van der Waals surface area contributed by atoms with Gasteiger partial charge in [-0.2, -0.15) is 5.21 Å². The first-order valence-electron chi connectivity index (χ1n) is 12.8. The van der Waals surface area contributed by atoms with Gasteiger partial charge in [-0.1, -0.05) is 78.4 Å². The number of anilines is 1. The minimum atomic E-state index is -0.533. The average Bonchev–Trinajstić information content (AvgIpc) is 3.60. The van der Waals surface area contributed by atoms with Crippen molar-refractivity contribution in [2.75, 3.05) is 5.32 Å². The van der Waals surface area contributed by atoms with Gasteiger partial charge < -0.3 is 4.42 Å². The van der Waals surface area contributed by atoms with Crippen molar-refractivity contribution in [2.24, 2.45) is 0 Å². The molecule has 5 aromatic rings. The number of rotatable bonds is 6. The molecule has 3 heterocycles. The van der Waals surface area contributed by atoms with Gasteiger partial charge in [-0.25, -0.2) is 4.79 Å². The lowest BCUT2D eigenvalue weighted by molar-refractivity contribution is 0.0994. The number of carbonyl (C=O) groups is 1. The van der Waals surface area contributed by atoms with Crippen LogP contribution in [0, 0.1) is 11.6 Å². The summed E-state index contributed by atoms with van der Waals surface area (Å²) in [7, 11) is 0. The summed E-state index contributed by atoms with van der Waals surface area (Å²) in [5.74, 6) is -0.233. The van der Waals surface area contributed by atoms with Crippen LogP contribution in [0.4, 0.5) is 5.95 Å². The van der Waals surface area contributed by atoms with Crippen LogP contribution < -0.4 is 11.0 Å². The van der Waals surface area contributed by atoms with Gasteiger partial charge in [-0.3, -0.25) is 19.7 Å². The first-order valence-corrected chi connectivity index (χ1v) is 13.2. The van der Waals surface area contributed by atoms with Crippen molar-refractivity contribution < 1.29 is 9.21 Å². The number of carbonyl (C=O) groups excluding carboxylic acids is 1. The lowest BCUT2D eigenvalue weighted by Crippen LogP contribution is -2.25. The van der Waals surface area contributed by atoms with Crippen molar-refractivity contribution in [1.29, 1.82) is 0 Å². The van der Waals surface area contributed by atoms with Crippen LogP contribution in [0.15, 0.2) is 63.9 Å². The molecule has 6 rings (SSSR count). The second kappa shape index (κ2) is 10.3. The Hall–Kier alpha value is -4.90. The van der Waals surface area contributed by atoms with E-state index in [1.54, 1.807) is 12.3 Å². The number of tetrazole rings is 1. The smallest absolute Gasteiger partial charge is 0.326 e. The number of aromatic amines is 2. The SMILES string of the molecule is CCc1ccc2c(c1)C=Cc1cc(C)ccc1C2c1cn(Cc2ccc(C(=O)Nc3nn[nH]n3)o2)c(=O)[nH]c1=S. The van der Waals surface area contributed by atoms with Gasteiger partial charge in [0.2, 0.25) is 0 Å². The Bertz CT molecular complexity index is 1880. The Kier molecular flexibility index (Phi) is 6.56. The fourth-order valence-corrected chi connectivity index (χ4v) is 5.27.